The van der Waals surface area contributed by atoms with Crippen molar-refractivity contribution in [2.75, 3.05) is 0 Å². The molecule has 0 saturated heterocycles. The van der Waals surface area contributed by atoms with Crippen molar-refractivity contribution in [2.45, 2.75) is 33.9 Å². The van der Waals surface area contributed by atoms with Gasteiger partial charge in [0.15, 0.2) is 0 Å². The van der Waals surface area contributed by atoms with Crippen molar-refractivity contribution < 1.29 is 0 Å². The summed E-state index contributed by atoms with van der Waals surface area (Å²) in [6.07, 6.45) is 0. The van der Waals surface area contributed by atoms with Gasteiger partial charge in [-0.2, -0.15) is 5.10 Å². The molecule has 1 aromatic rings. The first-order valence-electron chi connectivity index (χ1n) is 4.43. The van der Waals surface area contributed by atoms with Crippen LogP contribution in [-0.4, -0.2) is 9.78 Å². The molecule has 72 valence electrons. The molecular weight excluding hydrogens is 162 g/mol. The zero-order chi connectivity index (χ0) is 10.0. The SMILES string of the molecule is C=C(C)Cn1nc(C)c(CN)c1C. The predicted octanol–water partition coefficient (Wildman–Crippen LogP) is 1.53. The van der Waals surface area contributed by atoms with Gasteiger partial charge in [-0.15, -0.1) is 0 Å². The molecule has 0 fully saturated rings. The number of hydrogen-bond acceptors (Lipinski definition) is 2. The Morgan fingerprint density at radius 2 is 2.15 bits per heavy atom. The molecule has 0 bridgehead atoms. The van der Waals surface area contributed by atoms with Crippen molar-refractivity contribution in [1.29, 1.82) is 0 Å². The summed E-state index contributed by atoms with van der Waals surface area (Å²) in [4.78, 5) is 0. The fraction of sp³-hybridized carbons (Fsp3) is 0.500. The van der Waals surface area contributed by atoms with E-state index in [0.717, 1.165) is 29.1 Å². The Hall–Kier alpha value is -1.09. The first-order valence-corrected chi connectivity index (χ1v) is 4.43. The molecule has 3 heteroatoms. The first kappa shape index (κ1) is 9.99. The summed E-state index contributed by atoms with van der Waals surface area (Å²) in [5, 5.41) is 4.40. The fourth-order valence-corrected chi connectivity index (χ4v) is 1.44. The highest BCUT2D eigenvalue weighted by Crippen LogP contribution is 2.12. The van der Waals surface area contributed by atoms with E-state index in [0.29, 0.717) is 6.54 Å². The van der Waals surface area contributed by atoms with Crippen molar-refractivity contribution in [3.05, 3.63) is 29.1 Å². The number of nitrogens with zero attached hydrogens (tertiary/aromatic N) is 2. The summed E-state index contributed by atoms with van der Waals surface area (Å²) >= 11 is 0. The molecule has 0 atom stereocenters. The number of nitrogens with two attached hydrogens (primary N) is 1. The van der Waals surface area contributed by atoms with Crippen LogP contribution in [0, 0.1) is 13.8 Å². The Bertz CT molecular complexity index is 323. The molecule has 0 saturated carbocycles. The van der Waals surface area contributed by atoms with Gasteiger partial charge in [0, 0.05) is 17.8 Å². The second kappa shape index (κ2) is 3.75. The van der Waals surface area contributed by atoms with Crippen LogP contribution in [-0.2, 0) is 13.1 Å². The molecule has 1 heterocycles. The third-order valence-corrected chi connectivity index (χ3v) is 2.16. The maximum absolute atomic E-state index is 5.62. The average molecular weight is 179 g/mol. The largest absolute Gasteiger partial charge is 0.326 e. The van der Waals surface area contributed by atoms with Gasteiger partial charge in [0.05, 0.1) is 12.2 Å². The lowest BCUT2D eigenvalue weighted by atomic mass is 10.2. The number of hydrogen-bond donors (Lipinski definition) is 1. The Morgan fingerprint density at radius 1 is 1.54 bits per heavy atom. The van der Waals surface area contributed by atoms with Crippen molar-refractivity contribution in [1.82, 2.24) is 9.78 Å². The standard InChI is InChI=1S/C10H17N3/c1-7(2)6-13-9(4)10(5-11)8(3)12-13/h1,5-6,11H2,2-4H3. The van der Waals surface area contributed by atoms with Gasteiger partial charge in [-0.3, -0.25) is 4.68 Å². The van der Waals surface area contributed by atoms with Gasteiger partial charge < -0.3 is 5.73 Å². The normalized spacial score (nSPS) is 10.5. The van der Waals surface area contributed by atoms with Gasteiger partial charge in [-0.25, -0.2) is 0 Å². The summed E-state index contributed by atoms with van der Waals surface area (Å²) in [5.41, 5.74) is 10.1. The average Bonchev–Trinajstić information content (AvgIpc) is 2.26. The zero-order valence-electron chi connectivity index (χ0n) is 8.59. The van der Waals surface area contributed by atoms with Crippen molar-refractivity contribution >= 4 is 0 Å². The van der Waals surface area contributed by atoms with Crippen molar-refractivity contribution in [3.8, 4) is 0 Å². The monoisotopic (exact) mass is 179 g/mol. The van der Waals surface area contributed by atoms with Crippen LogP contribution in [0.1, 0.15) is 23.9 Å². The van der Waals surface area contributed by atoms with E-state index in [2.05, 4.69) is 11.7 Å². The topological polar surface area (TPSA) is 43.8 Å². The van der Waals surface area contributed by atoms with Crippen LogP contribution in [0.2, 0.25) is 0 Å². The molecule has 0 aliphatic rings. The molecule has 3 nitrogen and oxygen atoms in total. The van der Waals surface area contributed by atoms with E-state index < -0.39 is 0 Å². The molecular formula is C10H17N3. The van der Waals surface area contributed by atoms with Crippen LogP contribution in [0.15, 0.2) is 12.2 Å². The van der Waals surface area contributed by atoms with Crippen molar-refractivity contribution in [2.24, 2.45) is 5.73 Å². The third-order valence-electron chi connectivity index (χ3n) is 2.16. The van der Waals surface area contributed by atoms with Crippen LogP contribution in [0.5, 0.6) is 0 Å². The Kier molecular flexibility index (Phi) is 2.88. The second-order valence-electron chi connectivity index (χ2n) is 3.47. The van der Waals surface area contributed by atoms with Gasteiger partial charge in [0.1, 0.15) is 0 Å². The summed E-state index contributed by atoms with van der Waals surface area (Å²) < 4.78 is 1.96. The summed E-state index contributed by atoms with van der Waals surface area (Å²) in [5.74, 6) is 0. The van der Waals surface area contributed by atoms with Crippen molar-refractivity contribution in [3.63, 3.8) is 0 Å². The lowest BCUT2D eigenvalue weighted by Gasteiger charge is -2.03. The summed E-state index contributed by atoms with van der Waals surface area (Å²) in [7, 11) is 0. The molecule has 13 heavy (non-hydrogen) atoms. The van der Waals surface area contributed by atoms with Crippen LogP contribution in [0.3, 0.4) is 0 Å². The smallest absolute Gasteiger partial charge is 0.0641 e. The lowest BCUT2D eigenvalue weighted by molar-refractivity contribution is 0.651. The minimum atomic E-state index is 0.563. The second-order valence-corrected chi connectivity index (χ2v) is 3.47. The highest BCUT2D eigenvalue weighted by molar-refractivity contribution is 5.24. The molecule has 0 radical (unpaired) electrons. The predicted molar refractivity (Wildman–Crippen MR) is 54.4 cm³/mol. The summed E-state index contributed by atoms with van der Waals surface area (Å²) in [6.45, 7) is 11.2. The van der Waals surface area contributed by atoms with E-state index >= 15 is 0 Å². The van der Waals surface area contributed by atoms with E-state index in [9.17, 15) is 0 Å². The third kappa shape index (κ3) is 1.98. The number of rotatable bonds is 3. The van der Waals surface area contributed by atoms with Gasteiger partial charge >= 0.3 is 0 Å². The maximum atomic E-state index is 5.62. The van der Waals surface area contributed by atoms with E-state index in [1.807, 2.05) is 25.5 Å². The number of aromatic nitrogens is 2. The van der Waals surface area contributed by atoms with Crippen LogP contribution in [0.25, 0.3) is 0 Å². The highest BCUT2D eigenvalue weighted by atomic mass is 15.3. The molecule has 0 unspecified atom stereocenters. The molecule has 0 amide bonds. The molecule has 1 rings (SSSR count). The molecule has 2 N–H and O–H groups in total. The number of allylic oxidation sites excluding steroid dienone is 1. The Labute approximate surface area is 79.2 Å². The quantitative estimate of drug-likeness (QED) is 0.715. The maximum Gasteiger partial charge on any atom is 0.0641 e. The fourth-order valence-electron chi connectivity index (χ4n) is 1.44. The highest BCUT2D eigenvalue weighted by Gasteiger charge is 2.08. The molecule has 0 aromatic carbocycles. The van der Waals surface area contributed by atoms with Gasteiger partial charge in [0.25, 0.3) is 0 Å². The first-order chi connectivity index (χ1) is 6.06. The molecule has 1 aromatic heterocycles. The van der Waals surface area contributed by atoms with Gasteiger partial charge in [-0.05, 0) is 20.8 Å². The molecule has 0 spiro atoms. The minimum Gasteiger partial charge on any atom is -0.326 e. The lowest BCUT2D eigenvalue weighted by Crippen LogP contribution is -2.04. The molecule has 0 aliphatic heterocycles. The van der Waals surface area contributed by atoms with Crippen LogP contribution >= 0.6 is 0 Å². The van der Waals surface area contributed by atoms with E-state index in [4.69, 9.17) is 5.73 Å². The summed E-state index contributed by atoms with van der Waals surface area (Å²) in [6, 6.07) is 0. The van der Waals surface area contributed by atoms with E-state index in [1.165, 1.54) is 0 Å². The Balaban J connectivity index is 3.03. The van der Waals surface area contributed by atoms with Gasteiger partial charge in [-0.1, -0.05) is 12.2 Å². The van der Waals surface area contributed by atoms with Crippen LogP contribution < -0.4 is 5.73 Å². The van der Waals surface area contributed by atoms with E-state index in [1.54, 1.807) is 0 Å². The number of aryl methyl sites for hydroxylation is 1. The zero-order valence-corrected chi connectivity index (χ0v) is 8.59. The van der Waals surface area contributed by atoms with E-state index in [-0.39, 0.29) is 0 Å². The minimum absolute atomic E-state index is 0.563. The van der Waals surface area contributed by atoms with Crippen LogP contribution in [0.4, 0.5) is 0 Å². The van der Waals surface area contributed by atoms with Gasteiger partial charge in [0.2, 0.25) is 0 Å². The molecule has 0 aliphatic carbocycles. The Morgan fingerprint density at radius 3 is 2.54 bits per heavy atom.